The monoisotopic (exact) mass is 563 g/mol. The van der Waals surface area contributed by atoms with Gasteiger partial charge in [-0.15, -0.1) is 10.2 Å². The van der Waals surface area contributed by atoms with Crippen molar-refractivity contribution in [3.8, 4) is 11.4 Å². The zero-order chi connectivity index (χ0) is 29.2. The maximum atomic E-state index is 12.8. The first-order valence-corrected chi connectivity index (χ1v) is 13.0. The van der Waals surface area contributed by atoms with Gasteiger partial charge in [0.15, 0.2) is 5.78 Å². The maximum Gasteiger partial charge on any atom is 0.408 e. The number of ketones is 1. The average molecular weight is 564 g/mol. The lowest BCUT2D eigenvalue weighted by atomic mass is 10.1. The molecular formula is C27H29N7O7. The van der Waals surface area contributed by atoms with Gasteiger partial charge in [0.1, 0.15) is 25.2 Å². The first-order valence-electron chi connectivity index (χ1n) is 13.0. The number of carbonyl (C=O) groups excluding carboxylic acids is 4. The second-order valence-corrected chi connectivity index (χ2v) is 9.36. The Morgan fingerprint density at radius 1 is 1.10 bits per heavy atom. The third-order valence-corrected chi connectivity index (χ3v) is 6.25. The fourth-order valence-corrected chi connectivity index (χ4v) is 4.12. The van der Waals surface area contributed by atoms with Crippen LogP contribution in [0.4, 0.5) is 4.79 Å². The zero-order valence-electron chi connectivity index (χ0n) is 22.0. The third-order valence-electron chi connectivity index (χ3n) is 6.25. The molecule has 4 rings (SSSR count). The van der Waals surface area contributed by atoms with E-state index >= 15 is 0 Å². The largest absolute Gasteiger partial charge is 0.481 e. The molecule has 0 saturated carbocycles. The van der Waals surface area contributed by atoms with Crippen LogP contribution in [-0.4, -0.2) is 73.6 Å². The molecule has 2 unspecified atom stereocenters. The van der Waals surface area contributed by atoms with Crippen LogP contribution in [0.3, 0.4) is 0 Å². The minimum Gasteiger partial charge on any atom is -0.481 e. The number of carbonyl (C=O) groups is 5. The molecule has 0 radical (unpaired) electrons. The van der Waals surface area contributed by atoms with Gasteiger partial charge in [-0.2, -0.15) is 4.80 Å². The normalized spacial score (nSPS) is 15.6. The van der Waals surface area contributed by atoms with Gasteiger partial charge >= 0.3 is 12.1 Å². The minimum absolute atomic E-state index is 0.0560. The molecule has 2 heterocycles. The molecule has 1 aliphatic rings. The highest BCUT2D eigenvalue weighted by molar-refractivity contribution is 5.98. The summed E-state index contributed by atoms with van der Waals surface area (Å²) >= 11 is 0. The number of hydrogen-bond acceptors (Lipinski definition) is 9. The summed E-state index contributed by atoms with van der Waals surface area (Å²) in [6.45, 7) is 0.0520. The second-order valence-electron chi connectivity index (χ2n) is 9.36. The Bertz CT molecular complexity index is 1410. The molecule has 0 aliphatic carbocycles. The highest BCUT2D eigenvalue weighted by Crippen LogP contribution is 2.16. The number of ether oxygens (including phenoxy) is 1. The number of nitrogens with one attached hydrogen (secondary N) is 3. The number of hydrogen-bond donors (Lipinski definition) is 4. The van der Waals surface area contributed by atoms with Crippen molar-refractivity contribution >= 4 is 29.7 Å². The van der Waals surface area contributed by atoms with Gasteiger partial charge in [0.05, 0.1) is 6.42 Å². The molecule has 4 N–H and O–H groups in total. The van der Waals surface area contributed by atoms with Crippen molar-refractivity contribution < 1.29 is 33.8 Å². The molecule has 3 amide bonds. The molecule has 2 aromatic carbocycles. The molecule has 214 valence electrons. The van der Waals surface area contributed by atoms with Crippen LogP contribution in [0.25, 0.3) is 11.4 Å². The van der Waals surface area contributed by atoms with Crippen LogP contribution in [0.15, 0.2) is 54.6 Å². The summed E-state index contributed by atoms with van der Waals surface area (Å²) in [4.78, 5) is 62.3. The molecule has 1 saturated heterocycles. The van der Waals surface area contributed by atoms with E-state index in [1.54, 1.807) is 42.5 Å². The van der Waals surface area contributed by atoms with Crippen LogP contribution in [0.1, 0.15) is 41.6 Å². The van der Waals surface area contributed by atoms with Gasteiger partial charge in [0, 0.05) is 17.7 Å². The molecule has 14 nitrogen and oxygen atoms in total. The van der Waals surface area contributed by atoms with Gasteiger partial charge in [-0.25, -0.2) is 4.79 Å². The number of aromatic nitrogens is 4. The standard InChI is InChI=1S/C27H29N7O7/c35-22(21(14-23(36)37)30-27(40)41-16-17-7-2-1-3-8-17)15-34-32-24(31-33-34)18-9-6-10-19(13-18)25(38)29-20-11-4-5-12-28-26(20)39/h1-3,6-10,13,20-21H,4-5,11-12,14-16H2,(H,28,39)(H,29,38)(H,30,40)(H,36,37). The van der Waals surface area contributed by atoms with Crippen LogP contribution in [0.5, 0.6) is 0 Å². The van der Waals surface area contributed by atoms with Gasteiger partial charge < -0.3 is 25.8 Å². The topological polar surface area (TPSA) is 194 Å². The van der Waals surface area contributed by atoms with Crippen LogP contribution >= 0.6 is 0 Å². The lowest BCUT2D eigenvalue weighted by molar-refractivity contribution is -0.139. The van der Waals surface area contributed by atoms with Gasteiger partial charge in [-0.3, -0.25) is 19.2 Å². The molecule has 1 aromatic heterocycles. The molecule has 1 fully saturated rings. The van der Waals surface area contributed by atoms with Crippen molar-refractivity contribution in [2.24, 2.45) is 0 Å². The summed E-state index contributed by atoms with van der Waals surface area (Å²) in [7, 11) is 0. The van der Waals surface area contributed by atoms with Crippen molar-refractivity contribution in [2.45, 2.75) is 50.9 Å². The SMILES string of the molecule is O=C(O)CC(NC(=O)OCc1ccccc1)C(=O)Cn1nnc(-c2cccc(C(=O)NC3CCCCNC3=O)c2)n1. The molecule has 14 heteroatoms. The summed E-state index contributed by atoms with van der Waals surface area (Å²) in [5, 5.41) is 29.0. The van der Waals surface area contributed by atoms with Gasteiger partial charge in [0.2, 0.25) is 11.7 Å². The van der Waals surface area contributed by atoms with Gasteiger partial charge in [0.25, 0.3) is 5.91 Å². The van der Waals surface area contributed by atoms with Gasteiger partial charge in [-0.1, -0.05) is 42.5 Å². The first-order chi connectivity index (χ1) is 19.8. The van der Waals surface area contributed by atoms with Crippen molar-refractivity contribution in [1.29, 1.82) is 0 Å². The molecular weight excluding hydrogens is 534 g/mol. The summed E-state index contributed by atoms with van der Waals surface area (Å²) < 4.78 is 5.09. The summed E-state index contributed by atoms with van der Waals surface area (Å²) in [6.07, 6.45) is 0.591. The number of Topliss-reactive ketones (excluding diaryl/α,β-unsaturated/α-hetero) is 1. The lowest BCUT2D eigenvalue weighted by Gasteiger charge is -2.15. The highest BCUT2D eigenvalue weighted by Gasteiger charge is 2.26. The van der Waals surface area contributed by atoms with Crippen LogP contribution < -0.4 is 16.0 Å². The van der Waals surface area contributed by atoms with E-state index in [1.807, 2.05) is 6.07 Å². The average Bonchev–Trinajstić information content (AvgIpc) is 3.34. The number of nitrogens with zero attached hydrogens (tertiary/aromatic N) is 4. The minimum atomic E-state index is -1.39. The molecule has 0 spiro atoms. The van der Waals surface area contributed by atoms with E-state index in [-0.39, 0.29) is 23.9 Å². The number of benzene rings is 2. The Hall–Kier alpha value is -5.14. The number of carboxylic acids is 1. The number of alkyl carbamates (subject to hydrolysis) is 1. The van der Waals surface area contributed by atoms with Crippen molar-refractivity contribution in [3.05, 3.63) is 65.7 Å². The van der Waals surface area contributed by atoms with E-state index in [0.29, 0.717) is 18.5 Å². The lowest BCUT2D eigenvalue weighted by Crippen LogP contribution is -2.45. The molecule has 41 heavy (non-hydrogen) atoms. The third kappa shape index (κ3) is 8.42. The van der Waals surface area contributed by atoms with Crippen LogP contribution in [0.2, 0.25) is 0 Å². The smallest absolute Gasteiger partial charge is 0.408 e. The van der Waals surface area contributed by atoms with Gasteiger partial charge in [-0.05, 0) is 42.2 Å². The van der Waals surface area contributed by atoms with E-state index in [4.69, 9.17) is 4.74 Å². The zero-order valence-corrected chi connectivity index (χ0v) is 22.0. The summed E-state index contributed by atoms with van der Waals surface area (Å²) in [5.41, 5.74) is 1.44. The predicted octanol–water partition coefficient (Wildman–Crippen LogP) is 1.08. The molecule has 3 aromatic rings. The van der Waals surface area contributed by atoms with Crippen molar-refractivity contribution in [3.63, 3.8) is 0 Å². The second kappa shape index (κ2) is 13.8. The van der Waals surface area contributed by atoms with E-state index in [2.05, 4.69) is 31.4 Å². The van der Waals surface area contributed by atoms with E-state index in [1.165, 1.54) is 6.07 Å². The quantitative estimate of drug-likeness (QED) is 0.262. The number of rotatable bonds is 11. The van der Waals surface area contributed by atoms with Crippen molar-refractivity contribution in [2.75, 3.05) is 6.54 Å². The Morgan fingerprint density at radius 2 is 1.90 bits per heavy atom. The summed E-state index contributed by atoms with van der Waals surface area (Å²) in [6, 6.07) is 13.2. The Labute approximate surface area is 234 Å². The molecule has 2 atom stereocenters. The number of carboxylic acid groups (broad SMARTS) is 1. The number of aliphatic carboxylic acids is 1. The van der Waals surface area contributed by atoms with Crippen molar-refractivity contribution in [1.82, 2.24) is 36.2 Å². The van der Waals surface area contributed by atoms with Crippen LogP contribution in [0, 0.1) is 0 Å². The van der Waals surface area contributed by atoms with E-state index < -0.39 is 48.8 Å². The Balaban J connectivity index is 1.37. The summed E-state index contributed by atoms with van der Waals surface area (Å²) in [5.74, 6) is -2.51. The number of amides is 3. The van der Waals surface area contributed by atoms with Crippen LogP contribution in [-0.2, 0) is 32.3 Å². The fraction of sp³-hybridized carbons (Fsp3) is 0.333. The molecule has 1 aliphatic heterocycles. The number of tetrazole rings is 1. The fourth-order valence-electron chi connectivity index (χ4n) is 4.12. The Kier molecular flexibility index (Phi) is 9.70. The van der Waals surface area contributed by atoms with E-state index in [0.717, 1.165) is 23.2 Å². The highest BCUT2D eigenvalue weighted by atomic mass is 16.5. The maximum absolute atomic E-state index is 12.8. The Morgan fingerprint density at radius 3 is 2.68 bits per heavy atom. The predicted molar refractivity (Wildman–Crippen MR) is 142 cm³/mol. The van der Waals surface area contributed by atoms with E-state index in [9.17, 15) is 29.1 Å². The first kappa shape index (κ1) is 28.9. The molecule has 0 bridgehead atoms.